The minimum Gasteiger partial charge on any atom is -0.372 e. The summed E-state index contributed by atoms with van der Waals surface area (Å²) in [5.41, 5.74) is 0.962. The minimum atomic E-state index is -4.47. The van der Waals surface area contributed by atoms with Crippen LogP contribution in [-0.4, -0.2) is 62.1 Å². The van der Waals surface area contributed by atoms with Gasteiger partial charge in [-0.2, -0.15) is 13.2 Å². The van der Waals surface area contributed by atoms with E-state index in [0.717, 1.165) is 12.3 Å². The van der Waals surface area contributed by atoms with E-state index in [-0.39, 0.29) is 30.4 Å². The Morgan fingerprint density at radius 1 is 1.17 bits per heavy atom. The van der Waals surface area contributed by atoms with Gasteiger partial charge in [0.1, 0.15) is 11.5 Å². The number of rotatable bonds is 5. The molecule has 1 saturated heterocycles. The van der Waals surface area contributed by atoms with Crippen LogP contribution in [0.2, 0.25) is 0 Å². The molecular weight excluding hydrogens is 473 g/mol. The maximum absolute atomic E-state index is 13.9. The average molecular weight is 501 g/mol. The van der Waals surface area contributed by atoms with Gasteiger partial charge < -0.3 is 15.0 Å². The highest BCUT2D eigenvalue weighted by Crippen LogP contribution is 2.31. The van der Waals surface area contributed by atoms with Gasteiger partial charge in [0.25, 0.3) is 5.91 Å². The topological polar surface area (TPSA) is 93.1 Å². The van der Waals surface area contributed by atoms with Crippen LogP contribution in [0.5, 0.6) is 0 Å². The molecule has 0 saturated carbocycles. The van der Waals surface area contributed by atoms with Crippen LogP contribution in [0.15, 0.2) is 42.9 Å². The van der Waals surface area contributed by atoms with Gasteiger partial charge in [-0.1, -0.05) is 0 Å². The van der Waals surface area contributed by atoms with Crippen molar-refractivity contribution in [2.45, 2.75) is 52.1 Å². The number of nitrogens with one attached hydrogen (secondary N) is 1. The van der Waals surface area contributed by atoms with Gasteiger partial charge in [-0.15, -0.1) is 0 Å². The number of halogens is 3. The Morgan fingerprint density at radius 2 is 1.89 bits per heavy atom. The van der Waals surface area contributed by atoms with E-state index < -0.39 is 17.8 Å². The molecule has 4 heterocycles. The van der Waals surface area contributed by atoms with Crippen LogP contribution in [0.1, 0.15) is 41.2 Å². The molecule has 36 heavy (non-hydrogen) atoms. The molecule has 3 unspecified atom stereocenters. The normalized spacial score (nSPS) is 20.3. The van der Waals surface area contributed by atoms with Crippen molar-refractivity contribution in [2.75, 3.05) is 18.4 Å². The van der Waals surface area contributed by atoms with Crippen LogP contribution in [0, 0.1) is 13.8 Å². The number of aromatic nitrogens is 4. The van der Waals surface area contributed by atoms with Gasteiger partial charge in [0.05, 0.1) is 29.4 Å². The Bertz CT molecular complexity index is 1240. The maximum atomic E-state index is 13.9. The van der Waals surface area contributed by atoms with E-state index in [0.29, 0.717) is 35.0 Å². The van der Waals surface area contributed by atoms with Crippen LogP contribution in [-0.2, 0) is 10.9 Å². The van der Waals surface area contributed by atoms with Crippen molar-refractivity contribution in [3.8, 4) is 11.4 Å². The van der Waals surface area contributed by atoms with Gasteiger partial charge in [-0.3, -0.25) is 4.79 Å². The Hall–Kier alpha value is -3.60. The summed E-state index contributed by atoms with van der Waals surface area (Å²) in [5, 5.41) is 3.10. The highest BCUT2D eigenvalue weighted by molar-refractivity contribution is 5.98. The molecule has 190 valence electrons. The van der Waals surface area contributed by atoms with Crippen molar-refractivity contribution in [1.82, 2.24) is 24.8 Å². The molecule has 8 nitrogen and oxygen atoms in total. The zero-order chi connectivity index (χ0) is 26.0. The summed E-state index contributed by atoms with van der Waals surface area (Å²) in [5.74, 6) is 0.405. The van der Waals surface area contributed by atoms with E-state index in [1.165, 1.54) is 0 Å². The number of amides is 1. The quantitative estimate of drug-likeness (QED) is 0.558. The van der Waals surface area contributed by atoms with E-state index in [1.807, 2.05) is 13.8 Å². The number of morpholine rings is 1. The zero-order valence-electron chi connectivity index (χ0n) is 20.4. The number of hydrogen-bond acceptors (Lipinski definition) is 7. The Morgan fingerprint density at radius 3 is 2.56 bits per heavy atom. The number of ether oxygens (including phenoxy) is 1. The van der Waals surface area contributed by atoms with Crippen LogP contribution < -0.4 is 5.32 Å². The number of aryl methyl sites for hydroxylation is 2. The Labute approximate surface area is 207 Å². The summed E-state index contributed by atoms with van der Waals surface area (Å²) >= 11 is 0. The number of hydrogen-bond donors (Lipinski definition) is 1. The first-order chi connectivity index (χ1) is 17.0. The highest BCUT2D eigenvalue weighted by atomic mass is 19.4. The van der Waals surface area contributed by atoms with Crippen molar-refractivity contribution >= 4 is 11.7 Å². The summed E-state index contributed by atoms with van der Waals surface area (Å²) < 4.78 is 45.0. The van der Waals surface area contributed by atoms with Gasteiger partial charge in [-0.05, 0) is 57.5 Å². The summed E-state index contributed by atoms with van der Waals surface area (Å²) in [4.78, 5) is 32.6. The molecule has 3 aromatic rings. The molecule has 3 atom stereocenters. The first-order valence-electron chi connectivity index (χ1n) is 11.5. The summed E-state index contributed by atoms with van der Waals surface area (Å²) in [6, 6.07) is 5.89. The lowest BCUT2D eigenvalue weighted by atomic mass is 10.0. The Balaban J connectivity index is 1.62. The second-order valence-electron chi connectivity index (χ2n) is 8.87. The molecule has 1 fully saturated rings. The van der Waals surface area contributed by atoms with Crippen molar-refractivity contribution < 1.29 is 22.7 Å². The van der Waals surface area contributed by atoms with E-state index in [2.05, 4.69) is 25.3 Å². The lowest BCUT2D eigenvalue weighted by molar-refractivity contribution is -0.137. The monoisotopic (exact) mass is 500 g/mol. The van der Waals surface area contributed by atoms with Gasteiger partial charge in [0.15, 0.2) is 5.82 Å². The lowest BCUT2D eigenvalue weighted by Gasteiger charge is -2.43. The SMILES string of the molecule is Cc1ccc(-c2ncccn2)c(C(=O)N2CC(C)OC(C)C2CNc2ncc(C(F)(F)F)cc2C)n1. The van der Waals surface area contributed by atoms with E-state index >= 15 is 0 Å². The molecule has 1 amide bonds. The van der Waals surface area contributed by atoms with Gasteiger partial charge in [0, 0.05) is 37.4 Å². The molecule has 0 aromatic carbocycles. The molecule has 4 rings (SSSR count). The van der Waals surface area contributed by atoms with Crippen molar-refractivity contribution in [3.05, 3.63) is 65.4 Å². The third-order valence-electron chi connectivity index (χ3n) is 6.03. The van der Waals surface area contributed by atoms with Gasteiger partial charge in [0.2, 0.25) is 0 Å². The molecule has 0 bridgehead atoms. The summed E-state index contributed by atoms with van der Waals surface area (Å²) in [7, 11) is 0. The molecule has 1 aliphatic rings. The van der Waals surface area contributed by atoms with Crippen molar-refractivity contribution in [3.63, 3.8) is 0 Å². The molecule has 0 aliphatic carbocycles. The lowest BCUT2D eigenvalue weighted by Crippen LogP contribution is -2.58. The standard InChI is InChI=1S/C25H27F3N6O2/c1-14-10-18(25(26,27)28)11-31-22(14)32-12-20-17(4)36-16(3)13-34(20)24(35)21-19(7-6-15(2)33-21)23-29-8-5-9-30-23/h5-11,16-17,20H,12-13H2,1-4H3,(H,31,32). The number of nitrogens with zero attached hydrogens (tertiary/aromatic N) is 5. The van der Waals surface area contributed by atoms with Crippen LogP contribution in [0.4, 0.5) is 19.0 Å². The second-order valence-corrected chi connectivity index (χ2v) is 8.87. The fraction of sp³-hybridized carbons (Fsp3) is 0.400. The van der Waals surface area contributed by atoms with Crippen molar-refractivity contribution in [1.29, 1.82) is 0 Å². The summed E-state index contributed by atoms with van der Waals surface area (Å²) in [6.07, 6.45) is -1.04. The number of pyridine rings is 2. The second kappa shape index (κ2) is 10.2. The largest absolute Gasteiger partial charge is 0.417 e. The number of carbonyl (C=O) groups is 1. The van der Waals surface area contributed by atoms with Crippen molar-refractivity contribution in [2.24, 2.45) is 0 Å². The van der Waals surface area contributed by atoms with Gasteiger partial charge >= 0.3 is 6.18 Å². The average Bonchev–Trinajstić information content (AvgIpc) is 2.83. The summed E-state index contributed by atoms with van der Waals surface area (Å²) in [6.45, 7) is 7.64. The first-order valence-corrected chi connectivity index (χ1v) is 11.5. The van der Waals surface area contributed by atoms with Gasteiger partial charge in [-0.25, -0.2) is 19.9 Å². The van der Waals surface area contributed by atoms with E-state index in [9.17, 15) is 18.0 Å². The highest BCUT2D eigenvalue weighted by Gasteiger charge is 2.38. The van der Waals surface area contributed by atoms with Crippen LogP contribution >= 0.6 is 0 Å². The third kappa shape index (κ3) is 5.46. The predicted molar refractivity (Wildman–Crippen MR) is 127 cm³/mol. The fourth-order valence-corrected chi connectivity index (χ4v) is 4.27. The predicted octanol–water partition coefficient (Wildman–Crippen LogP) is 4.30. The zero-order valence-corrected chi connectivity index (χ0v) is 20.4. The molecule has 11 heteroatoms. The Kier molecular flexibility index (Phi) is 7.21. The molecule has 1 N–H and O–H groups in total. The number of carbonyl (C=O) groups excluding carboxylic acids is 1. The maximum Gasteiger partial charge on any atom is 0.417 e. The molecular formula is C25H27F3N6O2. The molecule has 0 spiro atoms. The van der Waals surface area contributed by atoms with Crippen LogP contribution in [0.3, 0.4) is 0 Å². The number of anilines is 1. The first kappa shape index (κ1) is 25.5. The molecule has 0 radical (unpaired) electrons. The number of alkyl halides is 3. The van der Waals surface area contributed by atoms with E-state index in [4.69, 9.17) is 4.74 Å². The smallest absolute Gasteiger partial charge is 0.372 e. The minimum absolute atomic E-state index is 0.215. The molecule has 3 aromatic heterocycles. The van der Waals surface area contributed by atoms with E-state index in [1.54, 1.807) is 49.3 Å². The molecule has 1 aliphatic heterocycles. The van der Waals surface area contributed by atoms with Crippen LogP contribution in [0.25, 0.3) is 11.4 Å². The third-order valence-corrected chi connectivity index (χ3v) is 6.03. The fourth-order valence-electron chi connectivity index (χ4n) is 4.27.